The lowest BCUT2D eigenvalue weighted by molar-refractivity contribution is 1.01. The minimum absolute atomic E-state index is 1.13. The fraction of sp³-hybridized carbons (Fsp3) is 0. The van der Waals surface area contributed by atoms with E-state index in [9.17, 15) is 0 Å². The van der Waals surface area contributed by atoms with Crippen molar-refractivity contribution in [2.24, 2.45) is 4.99 Å². The molecule has 0 bridgehead atoms. The summed E-state index contributed by atoms with van der Waals surface area (Å²) in [4.78, 5) is 5.48. The van der Waals surface area contributed by atoms with Crippen molar-refractivity contribution in [2.75, 3.05) is 0 Å². The first kappa shape index (κ1) is 4.68. The average Bonchev–Trinajstić information content (AvgIpc) is 2.25. The van der Waals surface area contributed by atoms with Gasteiger partial charge in [-0.25, -0.2) is 0 Å². The zero-order valence-electron chi connectivity index (χ0n) is 5.11. The first-order valence-corrected chi connectivity index (χ1v) is 3.95. The molecule has 0 atom stereocenters. The molecule has 0 amide bonds. The number of rotatable bonds is 0. The Labute approximate surface area is 61.8 Å². The molecular weight excluding hydrogens is 144 g/mol. The topological polar surface area (TPSA) is 17.3 Å². The Morgan fingerprint density at radius 1 is 1.50 bits per heavy atom. The maximum Gasteiger partial charge on any atom is 0.105 e. The predicted octanol–water partition coefficient (Wildman–Crippen LogP) is 2.04. The van der Waals surface area contributed by atoms with E-state index in [2.05, 4.69) is 21.1 Å². The molecule has 0 saturated heterocycles. The normalized spacial score (nSPS) is 13.6. The third-order valence-electron chi connectivity index (χ3n) is 1.73. The standard InChI is InChI=1S/C7H4N2S/c1-2-10-6-3-8-5-4-9(1)7(5)6/h1-4H. The van der Waals surface area contributed by atoms with Crippen LogP contribution in [0.1, 0.15) is 4.88 Å². The molecule has 10 heavy (non-hydrogen) atoms. The molecule has 0 saturated carbocycles. The van der Waals surface area contributed by atoms with Crippen LogP contribution in [-0.4, -0.2) is 10.8 Å². The second-order valence-corrected chi connectivity index (χ2v) is 3.24. The number of aromatic nitrogens is 1. The quantitative estimate of drug-likeness (QED) is 0.464. The van der Waals surface area contributed by atoms with Crippen molar-refractivity contribution in [3.8, 4) is 5.69 Å². The van der Waals surface area contributed by atoms with Crippen molar-refractivity contribution in [3.05, 3.63) is 22.7 Å². The molecule has 0 aromatic rings. The molecule has 3 aliphatic rings. The highest BCUT2D eigenvalue weighted by Crippen LogP contribution is 2.38. The van der Waals surface area contributed by atoms with Crippen molar-refractivity contribution in [1.29, 1.82) is 0 Å². The molecule has 3 heterocycles. The van der Waals surface area contributed by atoms with Gasteiger partial charge in [0.2, 0.25) is 0 Å². The number of hydrogen-bond donors (Lipinski definition) is 0. The second kappa shape index (κ2) is 1.32. The summed E-state index contributed by atoms with van der Waals surface area (Å²) in [5.74, 6) is 0. The van der Waals surface area contributed by atoms with Gasteiger partial charge in [0, 0.05) is 24.0 Å². The van der Waals surface area contributed by atoms with Gasteiger partial charge in [-0.15, -0.1) is 11.3 Å². The van der Waals surface area contributed by atoms with Gasteiger partial charge >= 0.3 is 0 Å². The molecule has 0 unspecified atom stereocenters. The van der Waals surface area contributed by atoms with E-state index in [0.717, 1.165) is 5.69 Å². The van der Waals surface area contributed by atoms with Gasteiger partial charge in [-0.2, -0.15) is 0 Å². The molecule has 3 heteroatoms. The fourth-order valence-electron chi connectivity index (χ4n) is 1.23. The van der Waals surface area contributed by atoms with Crippen molar-refractivity contribution in [2.45, 2.75) is 0 Å². The highest BCUT2D eigenvalue weighted by molar-refractivity contribution is 7.11. The second-order valence-electron chi connectivity index (χ2n) is 2.30. The minimum atomic E-state index is 1.13. The molecule has 0 spiro atoms. The van der Waals surface area contributed by atoms with Gasteiger partial charge in [0.05, 0.1) is 10.6 Å². The van der Waals surface area contributed by atoms with Crippen LogP contribution in [0.5, 0.6) is 0 Å². The maximum absolute atomic E-state index is 4.21. The molecule has 3 rings (SSSR count). The summed E-state index contributed by atoms with van der Waals surface area (Å²) in [5, 5.41) is 2.07. The van der Waals surface area contributed by atoms with Crippen LogP contribution in [0.4, 0.5) is 5.69 Å². The summed E-state index contributed by atoms with van der Waals surface area (Å²) in [6.07, 6.45) is 6.02. The molecule has 48 valence electrons. The van der Waals surface area contributed by atoms with E-state index in [1.54, 1.807) is 11.3 Å². The third kappa shape index (κ3) is 0.360. The molecule has 0 aliphatic carbocycles. The zero-order chi connectivity index (χ0) is 6.55. The van der Waals surface area contributed by atoms with E-state index >= 15 is 0 Å². The Hall–Kier alpha value is -1.09. The summed E-state index contributed by atoms with van der Waals surface area (Å²) < 4.78 is 2.11. The Morgan fingerprint density at radius 2 is 2.50 bits per heavy atom. The van der Waals surface area contributed by atoms with Crippen LogP contribution in [0.25, 0.3) is 5.69 Å². The predicted molar refractivity (Wildman–Crippen MR) is 42.1 cm³/mol. The van der Waals surface area contributed by atoms with Crippen LogP contribution >= 0.6 is 11.3 Å². The van der Waals surface area contributed by atoms with Crippen LogP contribution in [0.3, 0.4) is 0 Å². The molecule has 2 nitrogen and oxygen atoms in total. The van der Waals surface area contributed by atoms with E-state index in [1.807, 2.05) is 12.4 Å². The summed E-state index contributed by atoms with van der Waals surface area (Å²) in [7, 11) is 0. The van der Waals surface area contributed by atoms with Crippen LogP contribution < -0.4 is 0 Å². The maximum atomic E-state index is 4.21. The van der Waals surface area contributed by atoms with E-state index in [0.29, 0.717) is 0 Å². The van der Waals surface area contributed by atoms with Crippen molar-refractivity contribution in [1.82, 2.24) is 4.57 Å². The Kier molecular flexibility index (Phi) is 0.619. The molecule has 0 aromatic heterocycles. The van der Waals surface area contributed by atoms with Crippen molar-refractivity contribution < 1.29 is 0 Å². The molecular formula is C7H4N2S. The smallest absolute Gasteiger partial charge is 0.105 e. The van der Waals surface area contributed by atoms with Crippen molar-refractivity contribution >= 4 is 23.2 Å². The highest BCUT2D eigenvalue weighted by atomic mass is 32.1. The lowest BCUT2D eigenvalue weighted by Crippen LogP contribution is -2.00. The average molecular weight is 148 g/mol. The first-order valence-electron chi connectivity index (χ1n) is 3.07. The van der Waals surface area contributed by atoms with Gasteiger partial charge in [0.1, 0.15) is 5.69 Å². The largest absolute Gasteiger partial charge is 0.318 e. The van der Waals surface area contributed by atoms with Crippen LogP contribution in [0, 0.1) is 0 Å². The van der Waals surface area contributed by atoms with Gasteiger partial charge in [-0.1, -0.05) is 0 Å². The molecule has 0 fully saturated rings. The summed E-state index contributed by atoms with van der Waals surface area (Å²) >= 11 is 1.74. The molecule has 3 aliphatic heterocycles. The van der Waals surface area contributed by atoms with E-state index in [1.165, 1.54) is 10.6 Å². The Balaban J connectivity index is 2.57. The van der Waals surface area contributed by atoms with Crippen LogP contribution in [0.15, 0.2) is 22.8 Å². The SMILES string of the molecule is C1=Nc2cn3ccsc1c2-3. The summed E-state index contributed by atoms with van der Waals surface area (Å²) in [5.41, 5.74) is 2.42. The first-order chi connectivity index (χ1) is 4.95. The van der Waals surface area contributed by atoms with Crippen LogP contribution in [-0.2, 0) is 0 Å². The molecule has 0 radical (unpaired) electrons. The van der Waals surface area contributed by atoms with Crippen molar-refractivity contribution in [3.63, 3.8) is 0 Å². The van der Waals surface area contributed by atoms with Gasteiger partial charge in [0.25, 0.3) is 0 Å². The highest BCUT2D eigenvalue weighted by Gasteiger charge is 2.19. The van der Waals surface area contributed by atoms with Gasteiger partial charge in [-0.3, -0.25) is 4.99 Å². The number of nitrogens with zero attached hydrogens (tertiary/aromatic N) is 2. The monoisotopic (exact) mass is 148 g/mol. The van der Waals surface area contributed by atoms with E-state index < -0.39 is 0 Å². The summed E-state index contributed by atoms with van der Waals surface area (Å²) in [6.45, 7) is 0. The summed E-state index contributed by atoms with van der Waals surface area (Å²) in [6, 6.07) is 0. The lowest BCUT2D eigenvalue weighted by atomic mass is 10.3. The van der Waals surface area contributed by atoms with Gasteiger partial charge in [-0.05, 0) is 0 Å². The van der Waals surface area contributed by atoms with E-state index in [-0.39, 0.29) is 0 Å². The Morgan fingerprint density at radius 3 is 3.40 bits per heavy atom. The molecule has 0 N–H and O–H groups in total. The number of hydrogen-bond acceptors (Lipinski definition) is 2. The number of aliphatic imine (C=N–C) groups is 1. The van der Waals surface area contributed by atoms with Gasteiger partial charge in [0.15, 0.2) is 0 Å². The van der Waals surface area contributed by atoms with E-state index in [4.69, 9.17) is 0 Å². The zero-order valence-corrected chi connectivity index (χ0v) is 5.93. The molecule has 0 aromatic carbocycles. The fourth-order valence-corrected chi connectivity index (χ4v) is 2.01. The van der Waals surface area contributed by atoms with Crippen LogP contribution in [0.2, 0.25) is 0 Å². The Bertz CT molecular complexity index is 383. The lowest BCUT2D eigenvalue weighted by Gasteiger charge is -2.14. The third-order valence-corrected chi connectivity index (χ3v) is 2.54. The van der Waals surface area contributed by atoms with Gasteiger partial charge < -0.3 is 4.57 Å². The minimum Gasteiger partial charge on any atom is -0.318 e.